The summed E-state index contributed by atoms with van der Waals surface area (Å²) >= 11 is 0. The second-order valence-corrected chi connectivity index (χ2v) is 8.65. The molecule has 4 bridgehead atoms. The molecule has 0 saturated heterocycles. The van der Waals surface area contributed by atoms with Crippen LogP contribution in [-0.2, 0) is 9.53 Å². The van der Waals surface area contributed by atoms with Crippen molar-refractivity contribution in [1.29, 1.82) is 0 Å². The van der Waals surface area contributed by atoms with E-state index in [1.165, 1.54) is 0 Å². The average molecular weight is 366 g/mol. The fraction of sp³-hybridized carbons (Fsp3) is 0.944. The number of carbonyl (C=O) groups is 1. The van der Waals surface area contributed by atoms with Gasteiger partial charge >= 0.3 is 17.8 Å². The molecule has 4 aliphatic carbocycles. The van der Waals surface area contributed by atoms with Crippen molar-refractivity contribution in [1.82, 2.24) is 0 Å². The van der Waals surface area contributed by atoms with Gasteiger partial charge in [0, 0.05) is 13.3 Å². The van der Waals surface area contributed by atoms with Crippen LogP contribution in [0.3, 0.4) is 0 Å². The summed E-state index contributed by atoms with van der Waals surface area (Å²) in [4.78, 5) is 12.6. The van der Waals surface area contributed by atoms with E-state index in [2.05, 4.69) is 0 Å². The maximum atomic E-state index is 13.2. The van der Waals surface area contributed by atoms with E-state index < -0.39 is 29.3 Å². The van der Waals surface area contributed by atoms with E-state index in [0.717, 1.165) is 32.1 Å². The van der Waals surface area contributed by atoms with Gasteiger partial charge < -0.3 is 9.84 Å². The van der Waals surface area contributed by atoms with Crippen molar-refractivity contribution in [2.45, 2.75) is 82.2 Å². The minimum Gasteiger partial charge on any atom is -0.465 e. The Morgan fingerprint density at radius 1 is 1.12 bits per heavy atom. The average Bonchev–Trinajstić information content (AvgIpc) is 2.42. The molecule has 2 atom stereocenters. The first kappa shape index (κ1) is 18.9. The molecule has 0 aliphatic heterocycles. The Labute approximate surface area is 145 Å². The number of alkyl halides is 4. The zero-order valence-electron chi connectivity index (χ0n) is 14.5. The first-order valence-electron chi connectivity index (χ1n) is 9.10. The van der Waals surface area contributed by atoms with Crippen molar-refractivity contribution >= 4 is 5.97 Å². The zero-order chi connectivity index (χ0) is 18.5. The van der Waals surface area contributed by atoms with Crippen molar-refractivity contribution in [3.63, 3.8) is 0 Å². The van der Waals surface area contributed by atoms with Crippen LogP contribution in [0.4, 0.5) is 17.6 Å². The molecule has 3 nitrogen and oxygen atoms in total. The quantitative estimate of drug-likeness (QED) is 0.415. The molecule has 0 aromatic carbocycles. The first-order valence-corrected chi connectivity index (χ1v) is 9.10. The molecule has 7 heteroatoms. The van der Waals surface area contributed by atoms with E-state index in [9.17, 15) is 27.5 Å². The summed E-state index contributed by atoms with van der Waals surface area (Å²) in [6.07, 6.45) is 3.50. The fourth-order valence-corrected chi connectivity index (χ4v) is 5.44. The second-order valence-electron chi connectivity index (χ2n) is 8.65. The van der Waals surface area contributed by atoms with Crippen LogP contribution >= 0.6 is 0 Å². The number of hydrogen-bond donors (Lipinski definition) is 1. The molecular weight excluding hydrogens is 340 g/mol. The molecule has 0 aromatic rings. The Morgan fingerprint density at radius 3 is 2.24 bits per heavy atom. The molecule has 0 amide bonds. The van der Waals surface area contributed by atoms with Gasteiger partial charge in [0.2, 0.25) is 0 Å². The largest absolute Gasteiger partial charge is 0.465 e. The van der Waals surface area contributed by atoms with Gasteiger partial charge in [-0.2, -0.15) is 8.78 Å². The highest BCUT2D eigenvalue weighted by molar-refractivity contribution is 5.77. The predicted octanol–water partition coefficient (Wildman–Crippen LogP) is 4.32. The normalized spacial score (nSPS) is 37.4. The van der Waals surface area contributed by atoms with Crippen molar-refractivity contribution in [2.24, 2.45) is 17.3 Å². The van der Waals surface area contributed by atoms with Crippen LogP contribution < -0.4 is 0 Å². The molecule has 4 aliphatic rings. The number of halogens is 4. The van der Waals surface area contributed by atoms with E-state index in [1.54, 1.807) is 0 Å². The summed E-state index contributed by atoms with van der Waals surface area (Å²) in [5.41, 5.74) is -1.41. The smallest absolute Gasteiger partial charge is 0.312 e. The Balaban J connectivity index is 1.46. The maximum absolute atomic E-state index is 13.2. The van der Waals surface area contributed by atoms with E-state index in [-0.39, 0.29) is 32.3 Å². The van der Waals surface area contributed by atoms with Crippen molar-refractivity contribution in [3.05, 3.63) is 0 Å². The minimum atomic E-state index is -4.04. The van der Waals surface area contributed by atoms with Crippen molar-refractivity contribution in [3.8, 4) is 0 Å². The monoisotopic (exact) mass is 366 g/mol. The number of ether oxygens (including phenoxy) is 1. The van der Waals surface area contributed by atoms with Gasteiger partial charge in [-0.15, -0.1) is 0 Å². The van der Waals surface area contributed by atoms with Gasteiger partial charge in [-0.1, -0.05) is 0 Å². The van der Waals surface area contributed by atoms with Crippen LogP contribution in [-0.4, -0.2) is 35.1 Å². The molecule has 1 N–H and O–H groups in total. The van der Waals surface area contributed by atoms with Crippen LogP contribution in [0.15, 0.2) is 0 Å². The molecule has 0 spiro atoms. The summed E-state index contributed by atoms with van der Waals surface area (Å²) in [7, 11) is 0. The molecule has 4 rings (SSSR count). The highest BCUT2D eigenvalue weighted by Crippen LogP contribution is 2.62. The van der Waals surface area contributed by atoms with Gasteiger partial charge in [0.05, 0.1) is 17.6 Å². The third-order valence-electron chi connectivity index (χ3n) is 6.22. The lowest BCUT2D eigenvalue weighted by molar-refractivity contribution is -0.202. The SMILES string of the molecule is CC(F)(F)C(F)(F)CCCCOC(=O)C12CC3CC(CC(O)(C3)C1)C2. The molecule has 2 unspecified atom stereocenters. The lowest BCUT2D eigenvalue weighted by Crippen LogP contribution is -2.58. The van der Waals surface area contributed by atoms with Crippen LogP contribution in [0.2, 0.25) is 0 Å². The first-order chi connectivity index (χ1) is 11.4. The summed E-state index contributed by atoms with van der Waals surface area (Å²) in [5, 5.41) is 10.6. The Kier molecular flexibility index (Phi) is 4.62. The number of hydrogen-bond acceptors (Lipinski definition) is 3. The van der Waals surface area contributed by atoms with Crippen LogP contribution in [0.5, 0.6) is 0 Å². The third kappa shape index (κ3) is 3.67. The standard InChI is InChI=1S/C18H26F4O3/c1-15(19,20)18(21,22)4-2-3-5-25-14(23)16-7-12-6-13(8-16)10-17(24,9-12)11-16/h12-13,24H,2-11H2,1H3. The van der Waals surface area contributed by atoms with Crippen molar-refractivity contribution in [2.75, 3.05) is 6.61 Å². The second kappa shape index (κ2) is 6.10. The molecule has 4 fully saturated rings. The van der Waals surface area contributed by atoms with E-state index in [1.807, 2.05) is 0 Å². The van der Waals surface area contributed by atoms with Gasteiger partial charge in [0.1, 0.15) is 0 Å². The van der Waals surface area contributed by atoms with Gasteiger partial charge in [0.15, 0.2) is 0 Å². The Bertz CT molecular complexity index is 515. The predicted molar refractivity (Wildman–Crippen MR) is 82.4 cm³/mol. The fourth-order valence-electron chi connectivity index (χ4n) is 5.44. The molecule has 0 heterocycles. The highest BCUT2D eigenvalue weighted by atomic mass is 19.3. The Morgan fingerprint density at radius 2 is 1.72 bits per heavy atom. The number of aliphatic hydroxyl groups is 1. The molecular formula is C18H26F4O3. The summed E-state index contributed by atoms with van der Waals surface area (Å²) < 4.78 is 57.1. The van der Waals surface area contributed by atoms with Crippen LogP contribution in [0, 0.1) is 17.3 Å². The van der Waals surface area contributed by atoms with E-state index in [0.29, 0.717) is 18.3 Å². The van der Waals surface area contributed by atoms with Crippen molar-refractivity contribution < 1.29 is 32.2 Å². The molecule has 25 heavy (non-hydrogen) atoms. The molecule has 144 valence electrons. The van der Waals surface area contributed by atoms with E-state index in [4.69, 9.17) is 4.74 Å². The number of carbonyl (C=O) groups excluding carboxylic acids is 1. The lowest BCUT2D eigenvalue weighted by Gasteiger charge is -2.58. The number of esters is 1. The maximum Gasteiger partial charge on any atom is 0.312 e. The highest BCUT2D eigenvalue weighted by Gasteiger charge is 2.60. The summed E-state index contributed by atoms with van der Waals surface area (Å²) in [6.45, 7) is 0.171. The van der Waals surface area contributed by atoms with Gasteiger partial charge in [0.25, 0.3) is 0 Å². The lowest BCUT2D eigenvalue weighted by atomic mass is 9.48. The van der Waals surface area contributed by atoms with Gasteiger partial charge in [-0.3, -0.25) is 4.79 Å². The zero-order valence-corrected chi connectivity index (χ0v) is 14.5. The number of rotatable bonds is 7. The topological polar surface area (TPSA) is 46.5 Å². The summed E-state index contributed by atoms with van der Waals surface area (Å²) in [6, 6.07) is 0. The summed E-state index contributed by atoms with van der Waals surface area (Å²) in [5.74, 6) is -7.74. The number of unbranched alkanes of at least 4 members (excludes halogenated alkanes) is 1. The minimum absolute atomic E-state index is 0.0420. The molecule has 0 radical (unpaired) electrons. The van der Waals surface area contributed by atoms with Crippen LogP contribution in [0.1, 0.15) is 64.7 Å². The van der Waals surface area contributed by atoms with E-state index >= 15 is 0 Å². The third-order valence-corrected chi connectivity index (χ3v) is 6.22. The molecule has 0 aromatic heterocycles. The van der Waals surface area contributed by atoms with Gasteiger partial charge in [-0.25, -0.2) is 8.78 Å². The van der Waals surface area contributed by atoms with Gasteiger partial charge in [-0.05, 0) is 63.2 Å². The van der Waals surface area contributed by atoms with Crippen LogP contribution in [0.25, 0.3) is 0 Å². The Hall–Kier alpha value is -0.850. The molecule has 4 saturated carbocycles.